The molecular weight excluding hydrogens is 372 g/mol. The average molecular weight is 389 g/mol. The molecular formula is C21H17ClF2NO2-. The average Bonchev–Trinajstić information content (AvgIpc) is 3.24. The maximum absolute atomic E-state index is 13.9. The molecule has 2 aromatic carbocycles. The Morgan fingerprint density at radius 1 is 1.11 bits per heavy atom. The van der Waals surface area contributed by atoms with Crippen LogP contribution in [0.3, 0.4) is 0 Å². The van der Waals surface area contributed by atoms with Gasteiger partial charge in [-0.25, -0.2) is 8.78 Å². The number of carbonyl (C=O) groups excluding carboxylic acids is 1. The van der Waals surface area contributed by atoms with Crippen LogP contribution in [0.25, 0.3) is 0 Å². The Morgan fingerprint density at radius 2 is 1.89 bits per heavy atom. The number of hydrogen-bond donors (Lipinski definition) is 1. The fourth-order valence-electron chi connectivity index (χ4n) is 5.78. The molecule has 27 heavy (non-hydrogen) atoms. The van der Waals surface area contributed by atoms with E-state index in [1.807, 2.05) is 0 Å². The molecule has 1 heterocycles. The van der Waals surface area contributed by atoms with E-state index in [4.69, 9.17) is 11.6 Å². The molecule has 0 saturated heterocycles. The van der Waals surface area contributed by atoms with Crippen LogP contribution < -0.4 is 10.4 Å². The first-order valence-corrected chi connectivity index (χ1v) is 9.58. The maximum atomic E-state index is 13.9. The van der Waals surface area contributed by atoms with Crippen molar-refractivity contribution >= 4 is 23.3 Å². The van der Waals surface area contributed by atoms with Crippen LogP contribution in [-0.4, -0.2) is 5.97 Å². The summed E-state index contributed by atoms with van der Waals surface area (Å²) in [6.45, 7) is 0. The van der Waals surface area contributed by atoms with E-state index < -0.39 is 17.6 Å². The fourth-order valence-corrected chi connectivity index (χ4v) is 6.00. The topological polar surface area (TPSA) is 52.2 Å². The Labute approximate surface area is 160 Å². The van der Waals surface area contributed by atoms with E-state index in [1.165, 1.54) is 12.1 Å². The summed E-state index contributed by atoms with van der Waals surface area (Å²) in [5, 5.41) is 15.5. The van der Waals surface area contributed by atoms with Crippen LogP contribution in [0.4, 0.5) is 14.5 Å². The van der Waals surface area contributed by atoms with Crippen molar-refractivity contribution in [2.24, 2.45) is 17.8 Å². The van der Waals surface area contributed by atoms with Gasteiger partial charge in [0.1, 0.15) is 0 Å². The molecule has 5 atom stereocenters. The number of carbonyl (C=O) groups is 1. The number of rotatable bonds is 2. The van der Waals surface area contributed by atoms with E-state index in [9.17, 15) is 18.7 Å². The van der Waals surface area contributed by atoms with Crippen LogP contribution in [-0.2, 0) is 0 Å². The minimum absolute atomic E-state index is 0.0586. The summed E-state index contributed by atoms with van der Waals surface area (Å²) in [6.07, 6.45) is 3.17. The van der Waals surface area contributed by atoms with Gasteiger partial charge in [-0.3, -0.25) is 0 Å². The Balaban J connectivity index is 1.69. The molecule has 2 saturated carbocycles. The highest BCUT2D eigenvalue weighted by molar-refractivity contribution is 6.31. The standard InChI is InChI=1S/C21H18ClF2NO2/c22-12-7-13(21(26)27)19-16(8-12)25-20(11-3-4-14(23)15(24)6-11)18-10-2-1-9(5-10)17(18)19/h3-4,6-10,17-18,20,25H,1-2,5H2,(H,26,27)/p-1/t9-,10+,17-,18+,20-/m0/s1. The summed E-state index contributed by atoms with van der Waals surface area (Å²) in [5.74, 6) is -1.95. The van der Waals surface area contributed by atoms with Gasteiger partial charge in [-0.2, -0.15) is 0 Å². The molecule has 0 spiro atoms. The third kappa shape index (κ3) is 2.48. The second-order valence-corrected chi connectivity index (χ2v) is 8.37. The van der Waals surface area contributed by atoms with Gasteiger partial charge in [-0.15, -0.1) is 0 Å². The van der Waals surface area contributed by atoms with E-state index in [1.54, 1.807) is 12.1 Å². The Morgan fingerprint density at radius 3 is 2.63 bits per heavy atom. The summed E-state index contributed by atoms with van der Waals surface area (Å²) < 4.78 is 27.3. The second kappa shape index (κ2) is 5.93. The molecule has 0 unspecified atom stereocenters. The number of nitrogens with one attached hydrogen (secondary N) is 1. The van der Waals surface area contributed by atoms with Crippen molar-refractivity contribution in [1.29, 1.82) is 0 Å². The van der Waals surface area contributed by atoms with E-state index >= 15 is 0 Å². The van der Waals surface area contributed by atoms with Gasteiger partial charge < -0.3 is 15.2 Å². The molecule has 2 fully saturated rings. The zero-order valence-corrected chi connectivity index (χ0v) is 15.1. The van der Waals surface area contributed by atoms with Gasteiger partial charge in [-0.05, 0) is 78.3 Å². The SMILES string of the molecule is O=C([O-])c1cc(Cl)cc2c1[C@H]1[C@H]3CC[C@H](C3)[C@H]1[C@H](c1ccc(F)c(F)c1)N2. The summed E-state index contributed by atoms with van der Waals surface area (Å²) in [7, 11) is 0. The minimum Gasteiger partial charge on any atom is -0.545 e. The summed E-state index contributed by atoms with van der Waals surface area (Å²) in [4.78, 5) is 11.8. The predicted molar refractivity (Wildman–Crippen MR) is 95.6 cm³/mol. The lowest BCUT2D eigenvalue weighted by atomic mass is 9.67. The van der Waals surface area contributed by atoms with Crippen LogP contribution in [0.1, 0.15) is 52.7 Å². The number of fused-ring (bicyclic) bond motifs is 7. The molecule has 1 aliphatic heterocycles. The van der Waals surface area contributed by atoms with Gasteiger partial charge in [-0.1, -0.05) is 17.7 Å². The van der Waals surface area contributed by atoms with Crippen LogP contribution in [0.5, 0.6) is 0 Å². The highest BCUT2D eigenvalue weighted by atomic mass is 35.5. The van der Waals surface area contributed by atoms with Crippen molar-refractivity contribution in [3.8, 4) is 0 Å². The number of carboxylic acids is 1. The van der Waals surface area contributed by atoms with Gasteiger partial charge in [0, 0.05) is 16.3 Å². The quantitative estimate of drug-likeness (QED) is 0.835. The summed E-state index contributed by atoms with van der Waals surface area (Å²) in [5.41, 5.74) is 2.23. The van der Waals surface area contributed by atoms with Gasteiger partial charge >= 0.3 is 0 Å². The molecule has 2 bridgehead atoms. The first kappa shape index (κ1) is 17.0. The predicted octanol–water partition coefficient (Wildman–Crippen LogP) is 4.28. The fraction of sp³-hybridized carbons (Fsp3) is 0.381. The van der Waals surface area contributed by atoms with Crippen molar-refractivity contribution in [2.75, 3.05) is 5.32 Å². The summed E-state index contributed by atoms with van der Waals surface area (Å²) in [6, 6.07) is 6.96. The van der Waals surface area contributed by atoms with Gasteiger partial charge in [0.05, 0.1) is 12.0 Å². The minimum atomic E-state index is -1.23. The number of carboxylic acid groups (broad SMARTS) is 1. The maximum Gasteiger partial charge on any atom is 0.159 e. The third-order valence-corrected chi connectivity index (χ3v) is 6.90. The van der Waals surface area contributed by atoms with Crippen LogP contribution in [0, 0.1) is 29.4 Å². The molecule has 6 heteroatoms. The van der Waals surface area contributed by atoms with Crippen molar-refractivity contribution in [1.82, 2.24) is 0 Å². The second-order valence-electron chi connectivity index (χ2n) is 7.93. The molecule has 2 aromatic rings. The van der Waals surface area contributed by atoms with Crippen molar-refractivity contribution in [3.63, 3.8) is 0 Å². The number of aromatic carboxylic acids is 1. The smallest absolute Gasteiger partial charge is 0.159 e. The number of hydrogen-bond acceptors (Lipinski definition) is 3. The zero-order chi connectivity index (χ0) is 18.9. The normalized spacial score (nSPS) is 30.6. The molecule has 0 amide bonds. The number of benzene rings is 2. The Bertz CT molecular complexity index is 963. The highest BCUT2D eigenvalue weighted by Crippen LogP contribution is 2.64. The molecule has 0 radical (unpaired) electrons. The molecule has 5 rings (SSSR count). The monoisotopic (exact) mass is 388 g/mol. The van der Waals surface area contributed by atoms with Crippen molar-refractivity contribution in [2.45, 2.75) is 31.2 Å². The van der Waals surface area contributed by atoms with E-state index in [2.05, 4.69) is 5.32 Å². The van der Waals surface area contributed by atoms with E-state index in [0.29, 0.717) is 28.1 Å². The lowest BCUT2D eigenvalue weighted by molar-refractivity contribution is -0.255. The Kier molecular flexibility index (Phi) is 3.73. The largest absolute Gasteiger partial charge is 0.545 e. The Hall–Kier alpha value is -2.14. The van der Waals surface area contributed by atoms with Crippen molar-refractivity contribution in [3.05, 3.63) is 63.7 Å². The van der Waals surface area contributed by atoms with Crippen LogP contribution in [0.15, 0.2) is 30.3 Å². The molecule has 3 aliphatic rings. The van der Waals surface area contributed by atoms with Crippen LogP contribution >= 0.6 is 11.6 Å². The zero-order valence-electron chi connectivity index (χ0n) is 14.3. The molecule has 140 valence electrons. The molecule has 1 N–H and O–H groups in total. The number of halogens is 3. The van der Waals surface area contributed by atoms with Gasteiger partial charge in [0.15, 0.2) is 11.6 Å². The number of anilines is 1. The summed E-state index contributed by atoms with van der Waals surface area (Å²) >= 11 is 6.15. The molecule has 3 nitrogen and oxygen atoms in total. The molecule has 2 aliphatic carbocycles. The van der Waals surface area contributed by atoms with Gasteiger partial charge in [0.2, 0.25) is 0 Å². The van der Waals surface area contributed by atoms with E-state index in [-0.39, 0.29) is 23.4 Å². The third-order valence-electron chi connectivity index (χ3n) is 6.68. The van der Waals surface area contributed by atoms with Crippen molar-refractivity contribution < 1.29 is 18.7 Å². The first-order chi connectivity index (χ1) is 12.9. The lowest BCUT2D eigenvalue weighted by Crippen LogP contribution is -2.37. The van der Waals surface area contributed by atoms with E-state index in [0.717, 1.165) is 30.9 Å². The van der Waals surface area contributed by atoms with Gasteiger partial charge in [0.25, 0.3) is 0 Å². The molecule has 0 aromatic heterocycles. The highest BCUT2D eigenvalue weighted by Gasteiger charge is 2.54. The van der Waals surface area contributed by atoms with Crippen LogP contribution in [0.2, 0.25) is 5.02 Å². The first-order valence-electron chi connectivity index (χ1n) is 9.20. The lowest BCUT2D eigenvalue weighted by Gasteiger charge is -2.44.